The maximum Gasteiger partial charge on any atom is 0.261 e. The lowest BCUT2D eigenvalue weighted by Gasteiger charge is -2.29. The molecule has 0 bridgehead atoms. The highest BCUT2D eigenvalue weighted by Gasteiger charge is 2.24. The molecule has 1 fully saturated rings. The average molecular weight is 408 g/mol. The minimum atomic E-state index is -0.0282. The van der Waals surface area contributed by atoms with Gasteiger partial charge in [0.05, 0.1) is 25.1 Å². The Labute approximate surface area is 176 Å². The number of fused-ring (bicyclic) bond motifs is 1. The Kier molecular flexibility index (Phi) is 6.04. The molecule has 4 rings (SSSR count). The van der Waals surface area contributed by atoms with E-state index in [4.69, 9.17) is 20.2 Å². The van der Waals surface area contributed by atoms with Crippen LogP contribution < -0.4 is 20.8 Å². The maximum atomic E-state index is 13.6. The number of aromatic nitrogens is 2. The Morgan fingerprint density at radius 3 is 2.43 bits per heavy atom. The van der Waals surface area contributed by atoms with E-state index in [2.05, 4.69) is 0 Å². The van der Waals surface area contributed by atoms with Gasteiger partial charge < -0.3 is 15.2 Å². The summed E-state index contributed by atoms with van der Waals surface area (Å²) in [6.07, 6.45) is 4.51. The molecule has 2 unspecified atom stereocenters. The van der Waals surface area contributed by atoms with Crippen molar-refractivity contribution >= 4 is 10.9 Å². The molecule has 6 nitrogen and oxygen atoms in total. The fraction of sp³-hybridized carbons (Fsp3) is 0.417. The van der Waals surface area contributed by atoms with Gasteiger partial charge in [0, 0.05) is 12.1 Å². The zero-order valence-corrected chi connectivity index (χ0v) is 17.6. The lowest BCUT2D eigenvalue weighted by Crippen LogP contribution is -2.30. The summed E-state index contributed by atoms with van der Waals surface area (Å²) >= 11 is 0. The van der Waals surface area contributed by atoms with Crippen molar-refractivity contribution in [3.05, 3.63) is 52.8 Å². The van der Waals surface area contributed by atoms with E-state index in [0.717, 1.165) is 30.6 Å². The van der Waals surface area contributed by atoms with Crippen LogP contribution in [0.5, 0.6) is 11.5 Å². The Morgan fingerprint density at radius 1 is 1.03 bits per heavy atom. The summed E-state index contributed by atoms with van der Waals surface area (Å²) < 4.78 is 12.5. The Bertz CT molecular complexity index is 1080. The summed E-state index contributed by atoms with van der Waals surface area (Å²) in [6.45, 7) is 1.36. The van der Waals surface area contributed by atoms with E-state index in [0.29, 0.717) is 47.4 Å². The molecule has 1 saturated carbocycles. The number of nitrogens with zero attached hydrogens (tertiary/aromatic N) is 2. The number of nitrogens with two attached hydrogens (primary N) is 1. The Hall–Kier alpha value is -2.86. The largest absolute Gasteiger partial charge is 0.497 e. The van der Waals surface area contributed by atoms with Crippen LogP contribution in [-0.2, 0) is 6.54 Å². The van der Waals surface area contributed by atoms with E-state index in [1.807, 2.05) is 41.0 Å². The predicted molar refractivity (Wildman–Crippen MR) is 119 cm³/mol. The molecule has 1 aliphatic rings. The van der Waals surface area contributed by atoms with Crippen LogP contribution in [0.1, 0.15) is 25.7 Å². The molecule has 1 heterocycles. The smallest absolute Gasteiger partial charge is 0.261 e. The Morgan fingerprint density at radius 2 is 1.73 bits per heavy atom. The fourth-order valence-corrected chi connectivity index (χ4v) is 4.50. The van der Waals surface area contributed by atoms with E-state index in [-0.39, 0.29) is 5.56 Å². The van der Waals surface area contributed by atoms with Crippen LogP contribution in [-0.4, -0.2) is 30.3 Å². The predicted octanol–water partition coefficient (Wildman–Crippen LogP) is 3.85. The summed E-state index contributed by atoms with van der Waals surface area (Å²) in [4.78, 5) is 18.4. The van der Waals surface area contributed by atoms with E-state index in [1.165, 1.54) is 6.42 Å². The number of methoxy groups -OCH3 is 2. The third kappa shape index (κ3) is 4.05. The van der Waals surface area contributed by atoms with Gasteiger partial charge in [0.2, 0.25) is 0 Å². The lowest BCUT2D eigenvalue weighted by atomic mass is 9.81. The number of ether oxygens (including phenoxy) is 2. The van der Waals surface area contributed by atoms with Gasteiger partial charge in [0.15, 0.2) is 0 Å². The second kappa shape index (κ2) is 8.88. The first kappa shape index (κ1) is 20.4. The first-order chi connectivity index (χ1) is 14.6. The molecule has 30 heavy (non-hydrogen) atoms. The van der Waals surface area contributed by atoms with Crippen LogP contribution in [0.15, 0.2) is 47.3 Å². The SMILES string of the molecule is COc1ccc(-c2nc3ccc(OC)cc3c(=O)n2CC2CCCC(CN)C2)cc1. The van der Waals surface area contributed by atoms with Crippen LogP contribution in [0.25, 0.3) is 22.3 Å². The van der Waals surface area contributed by atoms with Gasteiger partial charge in [-0.05, 0) is 80.1 Å². The van der Waals surface area contributed by atoms with E-state index in [1.54, 1.807) is 20.3 Å². The summed E-state index contributed by atoms with van der Waals surface area (Å²) in [6, 6.07) is 13.2. The summed E-state index contributed by atoms with van der Waals surface area (Å²) in [5, 5.41) is 0.581. The van der Waals surface area contributed by atoms with Crippen LogP contribution in [0.4, 0.5) is 0 Å². The molecule has 0 aliphatic heterocycles. The van der Waals surface area contributed by atoms with Crippen molar-refractivity contribution in [2.45, 2.75) is 32.2 Å². The minimum Gasteiger partial charge on any atom is -0.497 e. The molecule has 6 heteroatoms. The quantitative estimate of drug-likeness (QED) is 0.671. The van der Waals surface area contributed by atoms with Gasteiger partial charge >= 0.3 is 0 Å². The molecule has 3 aromatic rings. The average Bonchev–Trinajstić information content (AvgIpc) is 2.80. The van der Waals surface area contributed by atoms with E-state index < -0.39 is 0 Å². The van der Waals surface area contributed by atoms with Crippen LogP contribution >= 0.6 is 0 Å². The molecule has 2 aromatic carbocycles. The highest BCUT2D eigenvalue weighted by Crippen LogP contribution is 2.31. The van der Waals surface area contributed by atoms with Gasteiger partial charge in [-0.15, -0.1) is 0 Å². The standard InChI is InChI=1S/C24H29N3O3/c1-29-19-8-6-18(7-9-19)23-26-22-11-10-20(30-2)13-21(22)24(28)27(23)15-17-5-3-4-16(12-17)14-25/h6-11,13,16-17H,3-5,12,14-15,25H2,1-2H3. The molecule has 0 radical (unpaired) electrons. The number of hydrogen-bond acceptors (Lipinski definition) is 5. The Balaban J connectivity index is 1.83. The first-order valence-electron chi connectivity index (χ1n) is 10.6. The molecule has 1 aliphatic carbocycles. The van der Waals surface area contributed by atoms with E-state index >= 15 is 0 Å². The molecule has 1 aromatic heterocycles. The van der Waals surface area contributed by atoms with E-state index in [9.17, 15) is 4.79 Å². The van der Waals surface area contributed by atoms with Crippen molar-refractivity contribution in [1.82, 2.24) is 9.55 Å². The monoisotopic (exact) mass is 407 g/mol. The number of rotatable bonds is 6. The maximum absolute atomic E-state index is 13.6. The van der Waals surface area contributed by atoms with Gasteiger partial charge in [-0.25, -0.2) is 4.98 Å². The van der Waals surface area contributed by atoms with Crippen molar-refractivity contribution < 1.29 is 9.47 Å². The van der Waals surface area contributed by atoms with Crippen molar-refractivity contribution in [2.24, 2.45) is 17.6 Å². The van der Waals surface area contributed by atoms with Crippen LogP contribution in [0.2, 0.25) is 0 Å². The first-order valence-corrected chi connectivity index (χ1v) is 10.6. The molecule has 0 saturated heterocycles. The summed E-state index contributed by atoms with van der Waals surface area (Å²) in [5.74, 6) is 3.08. The second-order valence-electron chi connectivity index (χ2n) is 8.10. The van der Waals surface area contributed by atoms with Gasteiger partial charge in [-0.2, -0.15) is 0 Å². The molecule has 2 atom stereocenters. The van der Waals surface area contributed by atoms with Gasteiger partial charge in [0.1, 0.15) is 17.3 Å². The third-order valence-electron chi connectivity index (χ3n) is 6.18. The second-order valence-corrected chi connectivity index (χ2v) is 8.10. The molecule has 0 spiro atoms. The van der Waals surface area contributed by atoms with Crippen LogP contribution in [0.3, 0.4) is 0 Å². The van der Waals surface area contributed by atoms with Crippen LogP contribution in [0, 0.1) is 11.8 Å². The molecule has 0 amide bonds. The molecular formula is C24H29N3O3. The van der Waals surface area contributed by atoms with Crippen molar-refractivity contribution in [3.63, 3.8) is 0 Å². The lowest BCUT2D eigenvalue weighted by molar-refractivity contribution is 0.246. The van der Waals surface area contributed by atoms with Crippen molar-refractivity contribution in [3.8, 4) is 22.9 Å². The van der Waals surface area contributed by atoms with Crippen molar-refractivity contribution in [1.29, 1.82) is 0 Å². The molecule has 2 N–H and O–H groups in total. The van der Waals surface area contributed by atoms with Gasteiger partial charge in [0.25, 0.3) is 5.56 Å². The van der Waals surface area contributed by atoms with Gasteiger partial charge in [-0.1, -0.05) is 6.42 Å². The molecular weight excluding hydrogens is 378 g/mol. The summed E-state index contributed by atoms with van der Waals surface area (Å²) in [5.41, 5.74) is 7.48. The number of benzene rings is 2. The highest BCUT2D eigenvalue weighted by molar-refractivity contribution is 5.81. The minimum absolute atomic E-state index is 0.0282. The fourth-order valence-electron chi connectivity index (χ4n) is 4.50. The van der Waals surface area contributed by atoms with Crippen molar-refractivity contribution in [2.75, 3.05) is 20.8 Å². The normalized spacial score (nSPS) is 19.0. The third-order valence-corrected chi connectivity index (χ3v) is 6.18. The zero-order valence-electron chi connectivity index (χ0n) is 17.6. The topological polar surface area (TPSA) is 79.4 Å². The summed E-state index contributed by atoms with van der Waals surface area (Å²) in [7, 11) is 3.25. The zero-order chi connectivity index (χ0) is 21.1. The van der Waals surface area contributed by atoms with Gasteiger partial charge in [-0.3, -0.25) is 9.36 Å². The number of hydrogen-bond donors (Lipinski definition) is 1. The highest BCUT2D eigenvalue weighted by atomic mass is 16.5. The molecule has 158 valence electrons.